The number of fused-ring (bicyclic) bond motifs is 1. The molecule has 2 aliphatic rings. The Hall–Kier alpha value is -3.32. The molecule has 1 aliphatic heterocycles. The van der Waals surface area contributed by atoms with Crippen LogP contribution in [0.25, 0.3) is 6.08 Å². The number of aryl methyl sites for hydroxylation is 1. The molecular weight excluding hydrogens is 444 g/mol. The van der Waals surface area contributed by atoms with Crippen LogP contribution in [0.15, 0.2) is 59.7 Å². The van der Waals surface area contributed by atoms with Gasteiger partial charge in [0.05, 0.1) is 6.26 Å². The SMILES string of the molecule is C=CCN1CC[C@@]2(c3cccc(O)c3)C[C@H](NC(=O)C=Cc3ccoc3C)CC[C@]2(OC(C)=O)C1. The Balaban J connectivity index is 1.65. The van der Waals surface area contributed by atoms with E-state index in [9.17, 15) is 14.7 Å². The van der Waals surface area contributed by atoms with Crippen molar-refractivity contribution in [3.63, 3.8) is 0 Å². The number of likely N-dealkylation sites (tertiary alicyclic amines) is 1. The summed E-state index contributed by atoms with van der Waals surface area (Å²) in [5, 5.41) is 13.5. The fourth-order valence-corrected chi connectivity index (χ4v) is 5.93. The molecule has 1 saturated carbocycles. The van der Waals surface area contributed by atoms with Gasteiger partial charge in [0.1, 0.15) is 17.1 Å². The first-order valence-electron chi connectivity index (χ1n) is 12.1. The second-order valence-corrected chi connectivity index (χ2v) is 9.71. The smallest absolute Gasteiger partial charge is 0.303 e. The third-order valence-electron chi connectivity index (χ3n) is 7.48. The topological polar surface area (TPSA) is 92.0 Å². The van der Waals surface area contributed by atoms with Gasteiger partial charge >= 0.3 is 5.97 Å². The average Bonchev–Trinajstić information content (AvgIpc) is 3.22. The van der Waals surface area contributed by atoms with Crippen LogP contribution in [0, 0.1) is 6.92 Å². The summed E-state index contributed by atoms with van der Waals surface area (Å²) >= 11 is 0. The Morgan fingerprint density at radius 2 is 2.17 bits per heavy atom. The molecule has 2 N–H and O–H groups in total. The highest BCUT2D eigenvalue weighted by Crippen LogP contribution is 2.54. The number of aromatic hydroxyl groups is 1. The molecule has 0 bridgehead atoms. The number of esters is 1. The molecule has 2 aromatic rings. The molecule has 4 rings (SSSR count). The summed E-state index contributed by atoms with van der Waals surface area (Å²) in [6, 6.07) is 8.95. The van der Waals surface area contributed by atoms with Gasteiger partial charge in [-0.15, -0.1) is 6.58 Å². The number of nitrogens with one attached hydrogen (secondary N) is 1. The van der Waals surface area contributed by atoms with Gasteiger partial charge in [-0.3, -0.25) is 14.5 Å². The fraction of sp³-hybridized carbons (Fsp3) is 0.429. The normalized spacial score (nSPS) is 26.7. The molecule has 35 heavy (non-hydrogen) atoms. The maximum absolute atomic E-state index is 12.8. The first kappa shape index (κ1) is 24.8. The minimum absolute atomic E-state index is 0.102. The van der Waals surface area contributed by atoms with Crippen LogP contribution in [0.1, 0.15) is 49.5 Å². The summed E-state index contributed by atoms with van der Waals surface area (Å²) in [5.41, 5.74) is 0.485. The Morgan fingerprint density at radius 1 is 1.34 bits per heavy atom. The quantitative estimate of drug-likeness (QED) is 0.354. The van der Waals surface area contributed by atoms with Gasteiger partial charge in [0.25, 0.3) is 0 Å². The molecule has 186 valence electrons. The number of hydrogen-bond donors (Lipinski definition) is 2. The van der Waals surface area contributed by atoms with E-state index in [0.29, 0.717) is 32.4 Å². The van der Waals surface area contributed by atoms with Crippen molar-refractivity contribution in [1.29, 1.82) is 0 Å². The van der Waals surface area contributed by atoms with Gasteiger partial charge in [0, 0.05) is 43.1 Å². The third kappa shape index (κ3) is 5.05. The van der Waals surface area contributed by atoms with Crippen LogP contribution in [0.5, 0.6) is 5.75 Å². The van der Waals surface area contributed by atoms with Gasteiger partial charge in [-0.25, -0.2) is 0 Å². The van der Waals surface area contributed by atoms with Crippen molar-refractivity contribution in [3.8, 4) is 5.75 Å². The Morgan fingerprint density at radius 3 is 2.86 bits per heavy atom. The second kappa shape index (κ2) is 10.1. The van der Waals surface area contributed by atoms with E-state index in [4.69, 9.17) is 9.15 Å². The second-order valence-electron chi connectivity index (χ2n) is 9.71. The minimum Gasteiger partial charge on any atom is -0.508 e. The van der Waals surface area contributed by atoms with Gasteiger partial charge in [0.15, 0.2) is 0 Å². The monoisotopic (exact) mass is 478 g/mol. The zero-order chi connectivity index (χ0) is 25.1. The Kier molecular flexibility index (Phi) is 7.17. The minimum atomic E-state index is -0.765. The Bertz CT molecular complexity index is 1120. The van der Waals surface area contributed by atoms with Crippen LogP contribution in [0.2, 0.25) is 0 Å². The molecular formula is C28H34N2O5. The van der Waals surface area contributed by atoms with Gasteiger partial charge in [-0.05, 0) is 69.0 Å². The molecule has 1 aromatic heterocycles. The highest BCUT2D eigenvalue weighted by molar-refractivity contribution is 5.92. The van der Waals surface area contributed by atoms with Gasteiger partial charge < -0.3 is 19.6 Å². The molecule has 1 aliphatic carbocycles. The number of phenolic OH excluding ortho intramolecular Hbond substituents is 1. The highest BCUT2D eigenvalue weighted by Gasteiger charge is 2.60. The number of carbonyl (C=O) groups is 2. The molecule has 1 aromatic carbocycles. The molecule has 3 atom stereocenters. The number of rotatable bonds is 7. The molecule has 2 heterocycles. The lowest BCUT2D eigenvalue weighted by Crippen LogP contribution is -2.68. The number of carbonyl (C=O) groups excluding carboxylic acids is 2. The predicted molar refractivity (Wildman–Crippen MR) is 134 cm³/mol. The number of nitrogens with zero attached hydrogens (tertiary/aromatic N) is 1. The van der Waals surface area contributed by atoms with Gasteiger partial charge in [-0.1, -0.05) is 18.2 Å². The number of phenols is 1. The fourth-order valence-electron chi connectivity index (χ4n) is 5.93. The van der Waals surface area contributed by atoms with E-state index in [1.54, 1.807) is 24.5 Å². The van der Waals surface area contributed by atoms with E-state index in [-0.39, 0.29) is 23.7 Å². The van der Waals surface area contributed by atoms with E-state index < -0.39 is 11.0 Å². The maximum atomic E-state index is 12.8. The summed E-state index contributed by atoms with van der Waals surface area (Å²) in [4.78, 5) is 27.4. The van der Waals surface area contributed by atoms with E-state index >= 15 is 0 Å². The van der Waals surface area contributed by atoms with Crippen molar-refractivity contribution in [3.05, 3.63) is 72.2 Å². The first-order valence-corrected chi connectivity index (χ1v) is 12.1. The largest absolute Gasteiger partial charge is 0.508 e. The van der Waals surface area contributed by atoms with Gasteiger partial charge in [-0.2, -0.15) is 0 Å². The first-order chi connectivity index (χ1) is 16.8. The van der Waals surface area contributed by atoms with Crippen LogP contribution < -0.4 is 5.32 Å². The van der Waals surface area contributed by atoms with E-state index in [1.165, 1.54) is 13.0 Å². The van der Waals surface area contributed by atoms with Crippen molar-refractivity contribution in [2.24, 2.45) is 0 Å². The summed E-state index contributed by atoms with van der Waals surface area (Å²) in [6.07, 6.45) is 9.36. The molecule has 7 nitrogen and oxygen atoms in total. The zero-order valence-electron chi connectivity index (χ0n) is 20.5. The van der Waals surface area contributed by atoms with Crippen molar-refractivity contribution in [1.82, 2.24) is 10.2 Å². The van der Waals surface area contributed by atoms with Crippen LogP contribution in [-0.4, -0.2) is 53.2 Å². The lowest BCUT2D eigenvalue weighted by atomic mass is 9.55. The number of ether oxygens (including phenoxy) is 1. The summed E-state index contributed by atoms with van der Waals surface area (Å²) in [6.45, 7) is 9.26. The zero-order valence-corrected chi connectivity index (χ0v) is 20.5. The standard InChI is InChI=1S/C28H34N2O5/c1-4-14-30-15-13-27(23-6-5-7-25(32)17-23)18-24(10-12-28(27,19-30)35-21(3)31)29-26(33)9-8-22-11-16-34-20(22)2/h4-9,11,16-17,24,32H,1,10,12-15,18-19H2,2-3H3,(H,29,33)/t24-,27+,28+/m1/s1. The van der Waals surface area contributed by atoms with E-state index in [2.05, 4.69) is 16.8 Å². The van der Waals surface area contributed by atoms with E-state index in [0.717, 1.165) is 29.9 Å². The van der Waals surface area contributed by atoms with Gasteiger partial charge in [0.2, 0.25) is 5.91 Å². The number of benzene rings is 1. The molecule has 2 fully saturated rings. The van der Waals surface area contributed by atoms with Crippen LogP contribution in [0.4, 0.5) is 0 Å². The lowest BCUT2D eigenvalue weighted by molar-refractivity contribution is -0.186. The highest BCUT2D eigenvalue weighted by atomic mass is 16.6. The molecule has 1 saturated heterocycles. The average molecular weight is 479 g/mol. The van der Waals surface area contributed by atoms with Crippen LogP contribution in [0.3, 0.4) is 0 Å². The summed E-state index contributed by atoms with van der Waals surface area (Å²) in [7, 11) is 0. The molecule has 0 radical (unpaired) electrons. The number of piperidine rings is 1. The van der Waals surface area contributed by atoms with Crippen molar-refractivity contribution >= 4 is 18.0 Å². The number of amides is 1. The lowest BCUT2D eigenvalue weighted by Gasteiger charge is -2.59. The maximum Gasteiger partial charge on any atom is 0.303 e. The predicted octanol–water partition coefficient (Wildman–Crippen LogP) is 4.11. The summed E-state index contributed by atoms with van der Waals surface area (Å²) < 4.78 is 11.5. The van der Waals surface area contributed by atoms with Crippen molar-refractivity contribution in [2.45, 2.75) is 56.6 Å². The third-order valence-corrected chi connectivity index (χ3v) is 7.48. The molecule has 0 unspecified atom stereocenters. The van der Waals surface area contributed by atoms with Crippen LogP contribution in [-0.2, 0) is 19.7 Å². The molecule has 7 heteroatoms. The number of furan rings is 1. The Labute approximate surface area is 206 Å². The van der Waals surface area contributed by atoms with E-state index in [1.807, 2.05) is 31.2 Å². The molecule has 1 amide bonds. The summed E-state index contributed by atoms with van der Waals surface area (Å²) in [5.74, 6) is 0.431. The molecule has 0 spiro atoms. The van der Waals surface area contributed by atoms with Crippen LogP contribution >= 0.6 is 0 Å². The van der Waals surface area contributed by atoms with Crippen molar-refractivity contribution in [2.75, 3.05) is 19.6 Å². The number of hydrogen-bond acceptors (Lipinski definition) is 6. The van der Waals surface area contributed by atoms with Crippen molar-refractivity contribution < 1.29 is 23.8 Å².